The largest absolute Gasteiger partial charge is 0.502 e. The summed E-state index contributed by atoms with van der Waals surface area (Å²) in [6, 6.07) is 10.7. The second-order valence-corrected chi connectivity index (χ2v) is 6.21. The average Bonchev–Trinajstić information content (AvgIpc) is 3.24. The third kappa shape index (κ3) is 4.31. The van der Waals surface area contributed by atoms with Crippen LogP contribution in [0, 0.1) is 0 Å². The highest BCUT2D eigenvalue weighted by Crippen LogP contribution is 2.36. The summed E-state index contributed by atoms with van der Waals surface area (Å²) in [6.07, 6.45) is 3.88. The number of nitrogens with zero attached hydrogens (tertiary/aromatic N) is 2. The Hall–Kier alpha value is -3.22. The topological polar surface area (TPSA) is 83.4 Å². The molecule has 142 valence electrons. The summed E-state index contributed by atoms with van der Waals surface area (Å²) in [5, 5.41) is 13.9. The van der Waals surface area contributed by atoms with Gasteiger partial charge in [-0.15, -0.1) is 0 Å². The van der Waals surface area contributed by atoms with Crippen LogP contribution in [0.3, 0.4) is 0 Å². The van der Waals surface area contributed by atoms with Gasteiger partial charge in [-0.25, -0.2) is 5.43 Å². The molecule has 3 rings (SSSR count). The van der Waals surface area contributed by atoms with Gasteiger partial charge in [0.2, 0.25) is 5.75 Å². The summed E-state index contributed by atoms with van der Waals surface area (Å²) in [5.41, 5.74) is 4.79. The van der Waals surface area contributed by atoms with Crippen LogP contribution in [0.1, 0.15) is 28.8 Å². The van der Waals surface area contributed by atoms with E-state index in [9.17, 15) is 9.90 Å². The average molecular weight is 369 g/mol. The molecule has 27 heavy (non-hydrogen) atoms. The number of ether oxygens (including phenoxy) is 2. The van der Waals surface area contributed by atoms with E-state index in [2.05, 4.69) is 15.4 Å². The summed E-state index contributed by atoms with van der Waals surface area (Å²) < 4.78 is 10.2. The third-order valence-electron chi connectivity index (χ3n) is 4.48. The lowest BCUT2D eigenvalue weighted by Crippen LogP contribution is -2.19. The quantitative estimate of drug-likeness (QED) is 0.604. The lowest BCUT2D eigenvalue weighted by Gasteiger charge is -2.17. The molecule has 1 aliphatic heterocycles. The van der Waals surface area contributed by atoms with Crippen LogP contribution in [0.25, 0.3) is 0 Å². The number of amides is 1. The molecule has 2 aromatic carbocycles. The van der Waals surface area contributed by atoms with E-state index in [1.54, 1.807) is 24.3 Å². The Morgan fingerprint density at radius 3 is 2.26 bits per heavy atom. The van der Waals surface area contributed by atoms with Crippen LogP contribution >= 0.6 is 0 Å². The number of aromatic hydroxyl groups is 1. The number of hydrogen-bond donors (Lipinski definition) is 2. The van der Waals surface area contributed by atoms with Crippen molar-refractivity contribution >= 4 is 17.8 Å². The summed E-state index contributed by atoms with van der Waals surface area (Å²) in [6.45, 7) is 2.13. The van der Waals surface area contributed by atoms with Crippen LogP contribution in [0.5, 0.6) is 17.2 Å². The van der Waals surface area contributed by atoms with Crippen molar-refractivity contribution in [2.45, 2.75) is 12.8 Å². The first kappa shape index (κ1) is 18.6. The predicted octanol–water partition coefficient (Wildman–Crippen LogP) is 2.77. The number of nitrogens with one attached hydrogen (secondary N) is 1. The molecule has 1 fully saturated rings. The molecule has 0 unspecified atom stereocenters. The highest BCUT2D eigenvalue weighted by atomic mass is 16.5. The number of phenolic OH excluding ortho intramolecular Hbond substituents is 1. The number of carbonyl (C=O) groups is 1. The second kappa shape index (κ2) is 8.44. The van der Waals surface area contributed by atoms with Gasteiger partial charge < -0.3 is 19.5 Å². The maximum Gasteiger partial charge on any atom is 0.271 e. The van der Waals surface area contributed by atoms with E-state index < -0.39 is 0 Å². The van der Waals surface area contributed by atoms with Crippen molar-refractivity contribution in [2.24, 2.45) is 5.10 Å². The minimum atomic E-state index is -0.295. The molecular formula is C20H23N3O4. The van der Waals surface area contributed by atoms with Gasteiger partial charge in [-0.05, 0) is 49.2 Å². The van der Waals surface area contributed by atoms with Crippen molar-refractivity contribution in [3.8, 4) is 17.2 Å². The minimum absolute atomic E-state index is 0.0840. The predicted molar refractivity (Wildman–Crippen MR) is 104 cm³/mol. The van der Waals surface area contributed by atoms with Crippen molar-refractivity contribution in [1.82, 2.24) is 5.43 Å². The van der Waals surface area contributed by atoms with Gasteiger partial charge >= 0.3 is 0 Å². The fourth-order valence-corrected chi connectivity index (χ4v) is 3.02. The molecule has 0 saturated carbocycles. The summed E-state index contributed by atoms with van der Waals surface area (Å²) in [5.74, 6) is 0.149. The number of benzene rings is 2. The molecule has 1 heterocycles. The zero-order valence-electron chi connectivity index (χ0n) is 15.4. The molecule has 2 N–H and O–H groups in total. The molecule has 1 saturated heterocycles. The monoisotopic (exact) mass is 369 g/mol. The second-order valence-electron chi connectivity index (χ2n) is 6.21. The van der Waals surface area contributed by atoms with Crippen molar-refractivity contribution in [3.63, 3.8) is 0 Å². The van der Waals surface area contributed by atoms with Crippen molar-refractivity contribution in [3.05, 3.63) is 47.5 Å². The van der Waals surface area contributed by atoms with Crippen LogP contribution < -0.4 is 19.8 Å². The SMILES string of the molecule is COc1cc(/C=N\NC(=O)c2ccc(N3CCCC3)cc2)cc(OC)c1O. The molecule has 2 aromatic rings. The van der Waals surface area contributed by atoms with Gasteiger partial charge in [0, 0.05) is 29.9 Å². The fourth-order valence-electron chi connectivity index (χ4n) is 3.02. The van der Waals surface area contributed by atoms with E-state index in [1.165, 1.54) is 33.3 Å². The first-order chi connectivity index (χ1) is 13.1. The lowest BCUT2D eigenvalue weighted by molar-refractivity contribution is 0.0955. The Morgan fingerprint density at radius 1 is 1.11 bits per heavy atom. The van der Waals surface area contributed by atoms with Gasteiger partial charge in [-0.3, -0.25) is 4.79 Å². The maximum atomic E-state index is 12.2. The molecule has 0 radical (unpaired) electrons. The van der Waals surface area contributed by atoms with Crippen LogP contribution in [0.4, 0.5) is 5.69 Å². The minimum Gasteiger partial charge on any atom is -0.502 e. The Bertz CT molecular complexity index is 803. The van der Waals surface area contributed by atoms with Gasteiger partial charge in [0.25, 0.3) is 5.91 Å². The van der Waals surface area contributed by atoms with Gasteiger partial charge in [0.1, 0.15) is 0 Å². The van der Waals surface area contributed by atoms with Gasteiger partial charge in [-0.2, -0.15) is 5.10 Å². The van der Waals surface area contributed by atoms with Gasteiger partial charge in [-0.1, -0.05) is 0 Å². The third-order valence-corrected chi connectivity index (χ3v) is 4.48. The van der Waals surface area contributed by atoms with Crippen LogP contribution in [-0.2, 0) is 0 Å². The van der Waals surface area contributed by atoms with E-state index in [-0.39, 0.29) is 23.2 Å². The molecule has 0 aromatic heterocycles. The first-order valence-electron chi connectivity index (χ1n) is 8.76. The Kier molecular flexibility index (Phi) is 5.80. The number of hydrazone groups is 1. The number of rotatable bonds is 6. The number of methoxy groups -OCH3 is 2. The Labute approximate surface area is 158 Å². The fraction of sp³-hybridized carbons (Fsp3) is 0.300. The number of carbonyl (C=O) groups excluding carboxylic acids is 1. The summed E-state index contributed by atoms with van der Waals surface area (Å²) in [4.78, 5) is 14.6. The Balaban J connectivity index is 1.64. The molecule has 1 amide bonds. The molecular weight excluding hydrogens is 346 g/mol. The van der Waals surface area contributed by atoms with Crippen molar-refractivity contribution < 1.29 is 19.4 Å². The van der Waals surface area contributed by atoms with Crippen molar-refractivity contribution in [2.75, 3.05) is 32.2 Å². The molecule has 7 nitrogen and oxygen atoms in total. The molecule has 1 aliphatic rings. The van der Waals surface area contributed by atoms with Crippen LogP contribution in [0.2, 0.25) is 0 Å². The molecule has 0 atom stereocenters. The molecule has 0 spiro atoms. The van der Waals surface area contributed by atoms with Crippen molar-refractivity contribution in [1.29, 1.82) is 0 Å². The van der Waals surface area contributed by atoms with E-state index in [4.69, 9.17) is 9.47 Å². The van der Waals surface area contributed by atoms with Gasteiger partial charge in [0.05, 0.1) is 20.4 Å². The highest BCUT2D eigenvalue weighted by molar-refractivity contribution is 5.95. The number of hydrogen-bond acceptors (Lipinski definition) is 6. The normalized spacial score (nSPS) is 13.8. The number of phenols is 1. The molecule has 7 heteroatoms. The van der Waals surface area contributed by atoms with E-state index >= 15 is 0 Å². The maximum absolute atomic E-state index is 12.2. The molecule has 0 aliphatic carbocycles. The van der Waals surface area contributed by atoms with Crippen LogP contribution in [0.15, 0.2) is 41.5 Å². The van der Waals surface area contributed by atoms with E-state index in [0.717, 1.165) is 18.8 Å². The zero-order chi connectivity index (χ0) is 19.2. The van der Waals surface area contributed by atoms with E-state index in [0.29, 0.717) is 11.1 Å². The van der Waals surface area contributed by atoms with Gasteiger partial charge in [0.15, 0.2) is 11.5 Å². The zero-order valence-corrected chi connectivity index (χ0v) is 15.4. The Morgan fingerprint density at radius 2 is 1.70 bits per heavy atom. The smallest absolute Gasteiger partial charge is 0.271 e. The van der Waals surface area contributed by atoms with E-state index in [1.807, 2.05) is 12.1 Å². The molecule has 0 bridgehead atoms. The summed E-state index contributed by atoms with van der Waals surface area (Å²) >= 11 is 0. The van der Waals surface area contributed by atoms with Crippen LogP contribution in [-0.4, -0.2) is 44.5 Å². The lowest BCUT2D eigenvalue weighted by atomic mass is 10.2. The summed E-state index contributed by atoms with van der Waals surface area (Å²) in [7, 11) is 2.89. The highest BCUT2D eigenvalue weighted by Gasteiger charge is 2.13. The first-order valence-corrected chi connectivity index (χ1v) is 8.76. The number of anilines is 1. The standard InChI is InChI=1S/C20H23N3O4/c1-26-17-11-14(12-18(27-2)19(17)24)13-21-22-20(25)15-5-7-16(8-6-15)23-9-3-4-10-23/h5-8,11-13,24H,3-4,9-10H2,1-2H3,(H,22,25)/b21-13-.